The second kappa shape index (κ2) is 17.2. The van der Waals surface area contributed by atoms with Crippen molar-refractivity contribution >= 4 is 17.6 Å². The van der Waals surface area contributed by atoms with Gasteiger partial charge in [0.25, 0.3) is 0 Å². The van der Waals surface area contributed by atoms with Gasteiger partial charge in [0.2, 0.25) is 5.95 Å². The lowest BCUT2D eigenvalue weighted by atomic mass is 9.82. The lowest BCUT2D eigenvalue weighted by Gasteiger charge is -2.35. The van der Waals surface area contributed by atoms with Crippen molar-refractivity contribution in [3.05, 3.63) is 6.07 Å². The fraction of sp³-hybridized carbons (Fsp3) is 0.867. The number of rotatable bonds is 16. The Morgan fingerprint density at radius 1 is 0.846 bits per heavy atom. The molecule has 3 aliphatic rings. The van der Waals surface area contributed by atoms with E-state index in [0.29, 0.717) is 17.7 Å². The van der Waals surface area contributed by atoms with Gasteiger partial charge in [0.15, 0.2) is 0 Å². The highest BCUT2D eigenvalue weighted by atomic mass is 16.5. The minimum absolute atomic E-state index is 0.542. The average Bonchev–Trinajstić information content (AvgIpc) is 2.97. The Morgan fingerprint density at radius 2 is 1.49 bits per heavy atom. The maximum atomic E-state index is 6.16. The molecule has 4 rings (SSSR count). The van der Waals surface area contributed by atoms with Crippen LogP contribution in [0.15, 0.2) is 6.07 Å². The zero-order chi connectivity index (χ0) is 27.1. The highest BCUT2D eigenvalue weighted by Crippen LogP contribution is 2.29. The lowest BCUT2D eigenvalue weighted by molar-refractivity contribution is 0.111. The third-order valence-electron chi connectivity index (χ3n) is 9.00. The van der Waals surface area contributed by atoms with Crippen molar-refractivity contribution in [2.45, 2.75) is 71.1 Å². The first-order chi connectivity index (χ1) is 19.2. The van der Waals surface area contributed by atoms with E-state index >= 15 is 0 Å². The van der Waals surface area contributed by atoms with Crippen molar-refractivity contribution in [3.63, 3.8) is 0 Å². The van der Waals surface area contributed by atoms with Crippen LogP contribution < -0.4 is 26.6 Å². The van der Waals surface area contributed by atoms with E-state index in [2.05, 4.69) is 30.7 Å². The van der Waals surface area contributed by atoms with E-state index in [4.69, 9.17) is 15.5 Å². The molecule has 0 amide bonds. The summed E-state index contributed by atoms with van der Waals surface area (Å²) in [5, 5.41) is 10.9. The van der Waals surface area contributed by atoms with Crippen molar-refractivity contribution < 1.29 is 4.74 Å². The highest BCUT2D eigenvalue weighted by molar-refractivity contribution is 5.51. The molecule has 5 N–H and O–H groups in total. The molecule has 0 spiro atoms. The molecule has 1 aromatic heterocycles. The smallest absolute Gasteiger partial charge is 0.226 e. The molecule has 0 bridgehead atoms. The second-order valence-corrected chi connectivity index (χ2v) is 12.0. The van der Waals surface area contributed by atoms with E-state index in [9.17, 15) is 0 Å². The Morgan fingerprint density at radius 3 is 2.15 bits per heavy atom. The van der Waals surface area contributed by atoms with Crippen LogP contribution in [-0.2, 0) is 4.74 Å². The van der Waals surface area contributed by atoms with E-state index in [1.165, 1.54) is 77.3 Å². The number of nitrogen functional groups attached to an aromatic ring is 1. The highest BCUT2D eigenvalue weighted by Gasteiger charge is 2.22. The Kier molecular flexibility index (Phi) is 13.4. The van der Waals surface area contributed by atoms with E-state index in [0.717, 1.165) is 83.2 Å². The number of nitrogens with two attached hydrogens (primary N) is 1. The summed E-state index contributed by atoms with van der Waals surface area (Å²) in [6.45, 7) is 14.2. The Labute approximate surface area is 237 Å². The van der Waals surface area contributed by atoms with Gasteiger partial charge in [-0.1, -0.05) is 19.3 Å². The molecule has 1 saturated heterocycles. The van der Waals surface area contributed by atoms with Gasteiger partial charge in [0.05, 0.1) is 6.61 Å². The monoisotopic (exact) mass is 544 g/mol. The second-order valence-electron chi connectivity index (χ2n) is 12.0. The minimum atomic E-state index is 0.542. The number of aromatic nitrogens is 2. The van der Waals surface area contributed by atoms with E-state index in [1.807, 2.05) is 13.0 Å². The van der Waals surface area contributed by atoms with Gasteiger partial charge in [-0.3, -0.25) is 4.90 Å². The molecule has 0 aromatic carbocycles. The van der Waals surface area contributed by atoms with Gasteiger partial charge in [-0.15, -0.1) is 0 Å². The summed E-state index contributed by atoms with van der Waals surface area (Å²) in [6.07, 6.45) is 13.6. The van der Waals surface area contributed by atoms with E-state index in [-0.39, 0.29) is 0 Å². The van der Waals surface area contributed by atoms with Gasteiger partial charge >= 0.3 is 0 Å². The first-order valence-electron chi connectivity index (χ1n) is 16.0. The summed E-state index contributed by atoms with van der Waals surface area (Å²) >= 11 is 0. The Hall–Kier alpha value is -1.68. The molecule has 222 valence electrons. The molecule has 3 fully saturated rings. The summed E-state index contributed by atoms with van der Waals surface area (Å²) in [6, 6.07) is 1.91. The van der Waals surface area contributed by atoms with Crippen LogP contribution in [0.3, 0.4) is 0 Å². The van der Waals surface area contributed by atoms with Gasteiger partial charge < -0.3 is 31.3 Å². The SMILES string of the molecule is CCOCCN1CCN(c2cc(N)nc(NCC3CCC(CNCCCNCC4CCCCC4)CC3)n2)CC1. The molecular weight excluding hydrogens is 488 g/mol. The number of nitrogens with zero attached hydrogens (tertiary/aromatic N) is 4. The third kappa shape index (κ3) is 11.0. The third-order valence-corrected chi connectivity index (χ3v) is 9.00. The van der Waals surface area contributed by atoms with Crippen LogP contribution in [0.25, 0.3) is 0 Å². The summed E-state index contributed by atoms with van der Waals surface area (Å²) in [5.74, 6) is 4.59. The fourth-order valence-electron chi connectivity index (χ4n) is 6.45. The molecular formula is C30H56N8O. The molecule has 0 unspecified atom stereocenters. The molecule has 1 aromatic rings. The van der Waals surface area contributed by atoms with E-state index < -0.39 is 0 Å². The van der Waals surface area contributed by atoms with Gasteiger partial charge in [-0.2, -0.15) is 9.97 Å². The van der Waals surface area contributed by atoms with Crippen LogP contribution in [0, 0.1) is 17.8 Å². The number of piperazine rings is 1. The first kappa shape index (κ1) is 30.3. The predicted molar refractivity (Wildman–Crippen MR) is 162 cm³/mol. The number of hydrogen-bond donors (Lipinski definition) is 4. The fourth-order valence-corrected chi connectivity index (χ4v) is 6.45. The van der Waals surface area contributed by atoms with Crippen LogP contribution in [0.4, 0.5) is 17.6 Å². The zero-order valence-corrected chi connectivity index (χ0v) is 24.6. The van der Waals surface area contributed by atoms with Crippen molar-refractivity contribution in [1.82, 2.24) is 25.5 Å². The first-order valence-corrected chi connectivity index (χ1v) is 16.0. The molecule has 1 aliphatic heterocycles. The van der Waals surface area contributed by atoms with Crippen molar-refractivity contribution in [2.75, 3.05) is 94.6 Å². The van der Waals surface area contributed by atoms with Gasteiger partial charge in [-0.25, -0.2) is 0 Å². The molecule has 9 heteroatoms. The van der Waals surface area contributed by atoms with E-state index in [1.54, 1.807) is 0 Å². The summed E-state index contributed by atoms with van der Waals surface area (Å²) in [4.78, 5) is 14.1. The topological polar surface area (TPSA) is 104 Å². The summed E-state index contributed by atoms with van der Waals surface area (Å²) in [7, 11) is 0. The molecule has 2 aliphatic carbocycles. The quantitative estimate of drug-likeness (QED) is 0.233. The number of ether oxygens (including phenoxy) is 1. The number of nitrogens with one attached hydrogen (secondary N) is 3. The van der Waals surface area contributed by atoms with Crippen LogP contribution >= 0.6 is 0 Å². The van der Waals surface area contributed by atoms with Crippen LogP contribution in [0.5, 0.6) is 0 Å². The Bertz CT molecular complexity index is 789. The number of anilines is 3. The average molecular weight is 545 g/mol. The molecule has 2 saturated carbocycles. The van der Waals surface area contributed by atoms with Crippen molar-refractivity contribution in [2.24, 2.45) is 17.8 Å². The standard InChI is InChI=1S/C30H56N8O/c1-2-39-20-19-37-15-17-38(18-16-37)29-21-28(31)35-30(36-29)34-24-27-11-9-26(10-12-27)23-33-14-6-13-32-22-25-7-4-3-5-8-25/h21,25-27,32-33H,2-20,22-24H2,1H3,(H3,31,34,35,36). The molecule has 39 heavy (non-hydrogen) atoms. The number of hydrogen-bond acceptors (Lipinski definition) is 9. The lowest BCUT2D eigenvalue weighted by Crippen LogP contribution is -2.47. The molecule has 0 radical (unpaired) electrons. The molecule has 0 atom stereocenters. The van der Waals surface area contributed by atoms with Gasteiger partial charge in [0.1, 0.15) is 11.6 Å². The zero-order valence-electron chi connectivity index (χ0n) is 24.6. The molecule has 2 heterocycles. The predicted octanol–water partition coefficient (Wildman–Crippen LogP) is 3.59. The Balaban J connectivity index is 1.06. The van der Waals surface area contributed by atoms with Crippen molar-refractivity contribution in [1.29, 1.82) is 0 Å². The largest absolute Gasteiger partial charge is 0.383 e. The summed E-state index contributed by atoms with van der Waals surface area (Å²) in [5.41, 5.74) is 6.16. The van der Waals surface area contributed by atoms with Crippen LogP contribution in [-0.4, -0.2) is 93.5 Å². The summed E-state index contributed by atoms with van der Waals surface area (Å²) < 4.78 is 5.51. The van der Waals surface area contributed by atoms with Crippen LogP contribution in [0.2, 0.25) is 0 Å². The normalized spacial score (nSPS) is 23.3. The van der Waals surface area contributed by atoms with Gasteiger partial charge in [-0.05, 0) is 95.8 Å². The molecule has 9 nitrogen and oxygen atoms in total. The minimum Gasteiger partial charge on any atom is -0.383 e. The van der Waals surface area contributed by atoms with Crippen LogP contribution in [0.1, 0.15) is 71.1 Å². The van der Waals surface area contributed by atoms with Gasteiger partial charge in [0, 0.05) is 51.9 Å². The van der Waals surface area contributed by atoms with Crippen molar-refractivity contribution in [3.8, 4) is 0 Å². The maximum Gasteiger partial charge on any atom is 0.226 e. The maximum absolute atomic E-state index is 6.16.